The quantitative estimate of drug-likeness (QED) is 0.518. The zero-order chi connectivity index (χ0) is 25.6. The first-order chi connectivity index (χ1) is 16.3. The van der Waals surface area contributed by atoms with Gasteiger partial charge in [0.1, 0.15) is 17.7 Å². The van der Waals surface area contributed by atoms with Crippen molar-refractivity contribution in [2.24, 2.45) is 0 Å². The van der Waals surface area contributed by atoms with Crippen LogP contribution in [0.25, 0.3) is 0 Å². The van der Waals surface area contributed by atoms with E-state index in [1.54, 1.807) is 25.1 Å². The standard InChI is InChI=1S/C22H24B3ClN4O4S/c1-14(35(2,32)33)19-27-12-16(13-28-19)34-10-9-29-7-5-21(6-8-29)17-11-15(26)3-4-18(17)30(20(21)31)22(23,24)25/h3-4,11-14H,5-10H2,1-2H3. The van der Waals surface area contributed by atoms with Crippen molar-refractivity contribution in [2.45, 2.75) is 35.7 Å². The molecule has 6 radical (unpaired) electrons. The van der Waals surface area contributed by atoms with Crippen LogP contribution in [0.3, 0.4) is 0 Å². The molecule has 1 unspecified atom stereocenters. The minimum atomic E-state index is -3.27. The number of hydrogen-bond donors (Lipinski definition) is 0. The van der Waals surface area contributed by atoms with Gasteiger partial charge in [0.15, 0.2) is 15.6 Å². The largest absolute Gasteiger partial charge is 0.489 e. The molecule has 1 aromatic carbocycles. The molecule has 0 aliphatic carbocycles. The number of sulfone groups is 1. The molecule has 178 valence electrons. The third-order valence-corrected chi connectivity index (χ3v) is 8.49. The highest BCUT2D eigenvalue weighted by atomic mass is 35.5. The monoisotopic (exact) mass is 508 g/mol. The van der Waals surface area contributed by atoms with Gasteiger partial charge >= 0.3 is 0 Å². The van der Waals surface area contributed by atoms with Crippen LogP contribution in [0.1, 0.15) is 36.4 Å². The normalized spacial score (nSPS) is 19.1. The summed E-state index contributed by atoms with van der Waals surface area (Å²) in [4.78, 5) is 25.2. The fraction of sp³-hybridized carbons (Fsp3) is 0.500. The minimum absolute atomic E-state index is 0.210. The molecule has 0 bridgehead atoms. The zero-order valence-corrected chi connectivity index (χ0v) is 21.2. The number of anilines is 1. The van der Waals surface area contributed by atoms with E-state index in [9.17, 15) is 13.2 Å². The molecule has 1 saturated heterocycles. The molecule has 1 fully saturated rings. The van der Waals surface area contributed by atoms with Gasteiger partial charge in [-0.05, 0) is 56.6 Å². The van der Waals surface area contributed by atoms with Crippen LogP contribution >= 0.6 is 11.6 Å². The van der Waals surface area contributed by atoms with Crippen LogP contribution in [-0.2, 0) is 20.0 Å². The molecule has 2 aromatic rings. The van der Waals surface area contributed by atoms with E-state index >= 15 is 0 Å². The second kappa shape index (κ2) is 9.44. The molecule has 2 aliphatic heterocycles. The Morgan fingerprint density at radius 2 is 1.83 bits per heavy atom. The van der Waals surface area contributed by atoms with Gasteiger partial charge in [0.05, 0.1) is 41.3 Å². The van der Waals surface area contributed by atoms with Crippen molar-refractivity contribution in [1.29, 1.82) is 0 Å². The van der Waals surface area contributed by atoms with Crippen LogP contribution in [0.5, 0.6) is 5.75 Å². The van der Waals surface area contributed by atoms with E-state index in [2.05, 4.69) is 14.9 Å². The SMILES string of the molecule is [B]C([B])([B])N1C(=O)C2(CCN(CCOc3cnc(C(C)S(C)(=O)=O)nc3)CC2)c2cc(Cl)ccc21. The average molecular weight is 508 g/mol. The van der Waals surface area contributed by atoms with Gasteiger partial charge in [-0.15, -0.1) is 0 Å². The summed E-state index contributed by atoms with van der Waals surface area (Å²) in [6, 6.07) is 5.22. The highest BCUT2D eigenvalue weighted by Gasteiger charge is 2.53. The zero-order valence-electron chi connectivity index (χ0n) is 19.6. The van der Waals surface area contributed by atoms with Gasteiger partial charge in [-0.1, -0.05) is 16.8 Å². The van der Waals surface area contributed by atoms with Crippen LogP contribution in [0.2, 0.25) is 5.02 Å². The van der Waals surface area contributed by atoms with Crippen LogP contribution in [0, 0.1) is 0 Å². The van der Waals surface area contributed by atoms with Gasteiger partial charge in [-0.2, -0.15) is 0 Å². The number of nitrogens with zero attached hydrogens (tertiary/aromatic N) is 4. The summed E-state index contributed by atoms with van der Waals surface area (Å²) in [5.74, 6) is 0.477. The van der Waals surface area contributed by atoms with E-state index in [1.165, 1.54) is 17.3 Å². The maximum atomic E-state index is 13.5. The fourth-order valence-corrected chi connectivity index (χ4v) is 5.32. The van der Waals surface area contributed by atoms with E-state index in [0.29, 0.717) is 55.5 Å². The van der Waals surface area contributed by atoms with E-state index in [-0.39, 0.29) is 11.7 Å². The molecular weight excluding hydrogens is 484 g/mol. The average Bonchev–Trinajstić information content (AvgIpc) is 3.02. The topological polar surface area (TPSA) is 92.7 Å². The molecule has 1 spiro atoms. The molecule has 2 aliphatic rings. The molecule has 1 aromatic heterocycles. The number of hydrogen-bond acceptors (Lipinski definition) is 7. The number of amides is 1. The number of fused-ring (bicyclic) bond motifs is 2. The van der Waals surface area contributed by atoms with Crippen molar-refractivity contribution >= 4 is 56.6 Å². The number of halogens is 1. The lowest BCUT2D eigenvalue weighted by Crippen LogP contribution is -2.57. The molecule has 1 atom stereocenters. The molecule has 0 N–H and O–H groups in total. The first-order valence-corrected chi connectivity index (χ1v) is 13.5. The van der Waals surface area contributed by atoms with Crippen molar-refractivity contribution in [1.82, 2.24) is 14.9 Å². The highest BCUT2D eigenvalue weighted by Crippen LogP contribution is 2.50. The van der Waals surface area contributed by atoms with Crippen LogP contribution in [0.15, 0.2) is 30.6 Å². The lowest BCUT2D eigenvalue weighted by Gasteiger charge is -2.40. The Hall–Kier alpha value is -2.04. The molecular formula is C22H24B3ClN4O4S. The van der Waals surface area contributed by atoms with Crippen LogP contribution in [0.4, 0.5) is 5.69 Å². The first-order valence-electron chi connectivity index (χ1n) is 11.2. The fourth-order valence-electron chi connectivity index (χ4n) is 4.65. The second-order valence-corrected chi connectivity index (χ2v) is 12.0. The number of carbonyl (C=O) groups is 1. The van der Waals surface area contributed by atoms with Gasteiger partial charge < -0.3 is 9.64 Å². The molecule has 35 heavy (non-hydrogen) atoms. The number of piperidine rings is 1. The summed E-state index contributed by atoms with van der Waals surface area (Å²) in [7, 11) is 14.5. The van der Waals surface area contributed by atoms with Crippen molar-refractivity contribution in [3.63, 3.8) is 0 Å². The Bertz CT molecular complexity index is 1220. The van der Waals surface area contributed by atoms with Crippen LogP contribution in [-0.4, -0.2) is 90.5 Å². The van der Waals surface area contributed by atoms with E-state index in [0.717, 1.165) is 11.8 Å². The van der Waals surface area contributed by atoms with E-state index in [1.807, 2.05) is 0 Å². The number of likely N-dealkylation sites (tertiary alicyclic amines) is 1. The van der Waals surface area contributed by atoms with E-state index < -0.39 is 25.7 Å². The summed E-state index contributed by atoms with van der Waals surface area (Å²) in [5.41, 5.74) is 0.621. The van der Waals surface area contributed by atoms with Gasteiger partial charge in [-0.3, -0.25) is 9.69 Å². The molecule has 13 heteroatoms. The second-order valence-electron chi connectivity index (χ2n) is 9.21. The summed E-state index contributed by atoms with van der Waals surface area (Å²) >= 11 is 6.25. The highest BCUT2D eigenvalue weighted by molar-refractivity contribution is 7.90. The summed E-state index contributed by atoms with van der Waals surface area (Å²) in [6.07, 6.45) is 5.22. The third-order valence-electron chi connectivity index (χ3n) is 6.75. The lowest BCUT2D eigenvalue weighted by molar-refractivity contribution is -0.125. The van der Waals surface area contributed by atoms with Crippen LogP contribution < -0.4 is 9.64 Å². The number of aromatic nitrogens is 2. The first kappa shape index (κ1) is 26.0. The van der Waals surface area contributed by atoms with Crippen molar-refractivity contribution in [3.05, 3.63) is 47.0 Å². The van der Waals surface area contributed by atoms with E-state index in [4.69, 9.17) is 39.9 Å². The molecule has 8 nitrogen and oxygen atoms in total. The van der Waals surface area contributed by atoms with Gasteiger partial charge in [0.2, 0.25) is 5.91 Å². The maximum Gasteiger partial charge on any atom is 0.236 e. The maximum absolute atomic E-state index is 13.5. The van der Waals surface area contributed by atoms with Crippen molar-refractivity contribution < 1.29 is 17.9 Å². The number of rotatable bonds is 7. The summed E-state index contributed by atoms with van der Waals surface area (Å²) < 4.78 is 29.1. The molecule has 3 heterocycles. The van der Waals surface area contributed by atoms with Gasteiger partial charge in [0, 0.05) is 23.5 Å². The minimum Gasteiger partial charge on any atom is -0.489 e. The third kappa shape index (κ3) is 5.11. The predicted octanol–water partition coefficient (Wildman–Crippen LogP) is 1.11. The Kier molecular flexibility index (Phi) is 7.03. The Morgan fingerprint density at radius 3 is 2.40 bits per heavy atom. The molecule has 1 amide bonds. The Balaban J connectivity index is 1.37. The number of ether oxygens (including phenoxy) is 1. The number of benzene rings is 1. The molecule has 0 saturated carbocycles. The molecule has 4 rings (SSSR count). The summed E-state index contributed by atoms with van der Waals surface area (Å²) in [5, 5.41) is -2.07. The van der Waals surface area contributed by atoms with Crippen molar-refractivity contribution in [3.8, 4) is 5.75 Å². The smallest absolute Gasteiger partial charge is 0.236 e. The Morgan fingerprint density at radius 1 is 1.20 bits per heavy atom. The summed E-state index contributed by atoms with van der Waals surface area (Å²) in [6.45, 7) is 3.87. The lowest BCUT2D eigenvalue weighted by atomic mass is 9.48. The van der Waals surface area contributed by atoms with Crippen molar-refractivity contribution in [2.75, 3.05) is 37.4 Å². The predicted molar refractivity (Wildman–Crippen MR) is 137 cm³/mol. The Labute approximate surface area is 214 Å². The van der Waals surface area contributed by atoms with Gasteiger partial charge in [-0.25, -0.2) is 18.4 Å². The van der Waals surface area contributed by atoms with Gasteiger partial charge in [0.25, 0.3) is 0 Å². The number of carbonyl (C=O) groups excluding carboxylic acids is 1.